The predicted molar refractivity (Wildman–Crippen MR) is 151 cm³/mol. The van der Waals surface area contributed by atoms with Crippen molar-refractivity contribution in [3.05, 3.63) is 103 Å². The normalized spacial score (nSPS) is 10.3. The van der Waals surface area contributed by atoms with Crippen LogP contribution in [0.4, 0.5) is 0 Å². The summed E-state index contributed by atoms with van der Waals surface area (Å²) < 4.78 is 20.9. The second-order valence-corrected chi connectivity index (χ2v) is 9.38. The lowest BCUT2D eigenvalue weighted by Gasteiger charge is -2.09. The van der Waals surface area contributed by atoms with Gasteiger partial charge in [-0.05, 0) is 84.8 Å². The fourth-order valence-electron chi connectivity index (χ4n) is 3.29. The van der Waals surface area contributed by atoms with Crippen LogP contribution >= 0.6 is 11.8 Å². The molecule has 0 spiro atoms. The number of thioether (sulfide) groups is 1. The monoisotopic (exact) mass is 546 g/mol. The molecule has 0 amide bonds. The van der Waals surface area contributed by atoms with Gasteiger partial charge in [0.15, 0.2) is 0 Å². The van der Waals surface area contributed by atoms with E-state index in [0.717, 1.165) is 34.0 Å². The van der Waals surface area contributed by atoms with E-state index in [9.17, 15) is 14.4 Å². The van der Waals surface area contributed by atoms with Crippen LogP contribution in [0.3, 0.4) is 0 Å². The van der Waals surface area contributed by atoms with Crippen LogP contribution in [0.1, 0.15) is 30.1 Å². The molecule has 0 aliphatic carbocycles. The zero-order valence-electron chi connectivity index (χ0n) is 21.7. The van der Waals surface area contributed by atoms with Gasteiger partial charge in [0, 0.05) is 22.5 Å². The van der Waals surface area contributed by atoms with Crippen molar-refractivity contribution in [1.29, 1.82) is 0 Å². The molecule has 0 heterocycles. The number of ether oxygens (including phenoxy) is 4. The first kappa shape index (κ1) is 29.3. The van der Waals surface area contributed by atoms with Gasteiger partial charge < -0.3 is 18.9 Å². The number of esters is 2. The Hall–Kier alpha value is -4.30. The molecule has 8 heteroatoms. The molecule has 0 fully saturated rings. The van der Waals surface area contributed by atoms with E-state index in [1.807, 2.05) is 48.5 Å². The van der Waals surface area contributed by atoms with Gasteiger partial charge in [0.05, 0.1) is 12.9 Å². The van der Waals surface area contributed by atoms with Crippen LogP contribution < -0.4 is 9.47 Å². The van der Waals surface area contributed by atoms with Crippen LogP contribution in [-0.4, -0.2) is 36.9 Å². The molecule has 0 bridgehead atoms. The topological polar surface area (TPSA) is 88.1 Å². The van der Waals surface area contributed by atoms with Gasteiger partial charge in [-0.3, -0.25) is 9.59 Å². The van der Waals surface area contributed by atoms with Crippen LogP contribution in [0.2, 0.25) is 0 Å². The Bertz CT molecular complexity index is 1280. The molecule has 202 valence electrons. The third-order valence-corrected chi connectivity index (χ3v) is 6.21. The molecule has 0 N–H and O–H groups in total. The summed E-state index contributed by atoms with van der Waals surface area (Å²) in [6.45, 7) is 9.24. The first-order chi connectivity index (χ1) is 18.9. The highest BCUT2D eigenvalue weighted by atomic mass is 32.2. The highest BCUT2D eigenvalue weighted by molar-refractivity contribution is 8.14. The minimum Gasteiger partial charge on any atom is -0.494 e. The predicted octanol–water partition coefficient (Wildman–Crippen LogP) is 6.63. The number of benzene rings is 3. The van der Waals surface area contributed by atoms with Crippen LogP contribution in [0.15, 0.2) is 103 Å². The number of carbonyl (C=O) groups excluding carboxylic acids is 3. The second-order valence-electron chi connectivity index (χ2n) is 8.34. The van der Waals surface area contributed by atoms with Crippen molar-refractivity contribution in [2.75, 3.05) is 19.8 Å². The molecule has 0 unspecified atom stereocenters. The summed E-state index contributed by atoms with van der Waals surface area (Å²) in [7, 11) is 0. The fraction of sp³-hybridized carbons (Fsp3) is 0.194. The minimum atomic E-state index is -0.432. The Morgan fingerprint density at radius 3 is 1.95 bits per heavy atom. The molecule has 0 radical (unpaired) electrons. The van der Waals surface area contributed by atoms with Crippen molar-refractivity contribution in [3.8, 4) is 22.6 Å². The van der Waals surface area contributed by atoms with E-state index < -0.39 is 5.97 Å². The highest BCUT2D eigenvalue weighted by Gasteiger charge is 2.10. The summed E-state index contributed by atoms with van der Waals surface area (Å²) in [5.41, 5.74) is 2.93. The minimum absolute atomic E-state index is 0.0723. The first-order valence-electron chi connectivity index (χ1n) is 12.3. The first-order valence-corrected chi connectivity index (χ1v) is 13.1. The van der Waals surface area contributed by atoms with E-state index in [2.05, 4.69) is 17.9 Å². The van der Waals surface area contributed by atoms with Gasteiger partial charge in [-0.1, -0.05) is 37.4 Å². The Morgan fingerprint density at radius 1 is 0.795 bits per heavy atom. The van der Waals surface area contributed by atoms with Crippen LogP contribution in [0, 0.1) is 0 Å². The van der Waals surface area contributed by atoms with Crippen molar-refractivity contribution >= 4 is 28.8 Å². The fourth-order valence-corrected chi connectivity index (χ4v) is 4.03. The molecule has 3 aromatic rings. The number of rotatable bonds is 14. The van der Waals surface area contributed by atoms with Gasteiger partial charge in [-0.25, -0.2) is 4.79 Å². The smallest absolute Gasteiger partial charge is 0.333 e. The van der Waals surface area contributed by atoms with Gasteiger partial charge >= 0.3 is 11.9 Å². The maximum atomic E-state index is 12.7. The van der Waals surface area contributed by atoms with Crippen LogP contribution in [-0.2, 0) is 19.1 Å². The van der Waals surface area contributed by atoms with E-state index in [1.165, 1.54) is 0 Å². The van der Waals surface area contributed by atoms with Crippen LogP contribution in [0.25, 0.3) is 11.1 Å². The molecule has 7 nitrogen and oxygen atoms in total. The molecular weight excluding hydrogens is 516 g/mol. The van der Waals surface area contributed by atoms with Gasteiger partial charge in [0.1, 0.15) is 24.7 Å². The third-order valence-electron chi connectivity index (χ3n) is 5.28. The number of hydrogen-bond donors (Lipinski definition) is 0. The van der Waals surface area contributed by atoms with E-state index in [0.29, 0.717) is 35.7 Å². The standard InChI is InChI=1S/C31H30O7S/c1-4-35-29(32)6-5-19-36-26-15-9-25(10-16-26)31(34)39-28-17-11-24(12-18-28)23-7-13-27(14-8-23)37-20-21-38-30(33)22(2)3/h4,7-18H,1-2,5-6,19-21H2,3H3. The molecule has 3 rings (SSSR count). The molecule has 3 aromatic carbocycles. The van der Waals surface area contributed by atoms with Crippen molar-refractivity contribution in [1.82, 2.24) is 0 Å². The summed E-state index contributed by atoms with van der Waals surface area (Å²) in [6.07, 6.45) is 1.87. The van der Waals surface area contributed by atoms with E-state index in [-0.39, 0.29) is 30.7 Å². The van der Waals surface area contributed by atoms with Gasteiger partial charge in [-0.15, -0.1) is 0 Å². The molecule has 0 aliphatic rings. The zero-order valence-corrected chi connectivity index (χ0v) is 22.5. The van der Waals surface area contributed by atoms with Gasteiger partial charge in [0.25, 0.3) is 0 Å². The lowest BCUT2D eigenvalue weighted by molar-refractivity contribution is -0.140. The summed E-state index contributed by atoms with van der Waals surface area (Å²) >= 11 is 1.15. The average Bonchev–Trinajstić information content (AvgIpc) is 2.94. The molecular formula is C31H30O7S. The Labute approximate surface area is 232 Å². The summed E-state index contributed by atoms with van der Waals surface area (Å²) in [6, 6.07) is 22.3. The Kier molecular flexibility index (Phi) is 11.4. The van der Waals surface area contributed by atoms with E-state index in [1.54, 1.807) is 31.2 Å². The van der Waals surface area contributed by atoms with Crippen molar-refractivity contribution in [3.63, 3.8) is 0 Å². The van der Waals surface area contributed by atoms with Crippen molar-refractivity contribution < 1.29 is 33.3 Å². The molecule has 0 atom stereocenters. The molecule has 0 saturated heterocycles. The lowest BCUT2D eigenvalue weighted by atomic mass is 10.1. The van der Waals surface area contributed by atoms with E-state index >= 15 is 0 Å². The molecule has 39 heavy (non-hydrogen) atoms. The van der Waals surface area contributed by atoms with Crippen LogP contribution in [0.5, 0.6) is 11.5 Å². The average molecular weight is 547 g/mol. The SMILES string of the molecule is C=COC(=O)CCCOc1ccc(C(=O)Sc2ccc(-c3ccc(OCCOC(=O)C(=C)C)cc3)cc2)cc1. The summed E-state index contributed by atoms with van der Waals surface area (Å²) in [4.78, 5) is 36.2. The maximum Gasteiger partial charge on any atom is 0.333 e. The molecule has 0 aliphatic heterocycles. The zero-order chi connectivity index (χ0) is 28.0. The second kappa shape index (κ2) is 15.2. The quantitative estimate of drug-likeness (QED) is 0.0732. The Balaban J connectivity index is 1.45. The molecule has 0 aromatic heterocycles. The van der Waals surface area contributed by atoms with Gasteiger partial charge in [0.2, 0.25) is 5.12 Å². The van der Waals surface area contributed by atoms with Gasteiger partial charge in [-0.2, -0.15) is 0 Å². The number of carbonyl (C=O) groups is 3. The Morgan fingerprint density at radius 2 is 1.36 bits per heavy atom. The maximum absolute atomic E-state index is 12.7. The summed E-state index contributed by atoms with van der Waals surface area (Å²) in [5, 5.41) is -0.0723. The highest BCUT2D eigenvalue weighted by Crippen LogP contribution is 2.28. The largest absolute Gasteiger partial charge is 0.494 e. The third kappa shape index (κ3) is 9.83. The van der Waals surface area contributed by atoms with Crippen molar-refractivity contribution in [2.24, 2.45) is 0 Å². The molecule has 0 saturated carbocycles. The van der Waals surface area contributed by atoms with Crippen molar-refractivity contribution in [2.45, 2.75) is 24.7 Å². The summed E-state index contributed by atoms with van der Waals surface area (Å²) in [5.74, 6) is 0.519. The number of hydrogen-bond acceptors (Lipinski definition) is 8. The lowest BCUT2D eigenvalue weighted by Crippen LogP contribution is -2.12. The van der Waals surface area contributed by atoms with E-state index in [4.69, 9.17) is 14.2 Å².